The van der Waals surface area contributed by atoms with E-state index in [1.54, 1.807) is 4.90 Å². The first-order valence-electron chi connectivity index (χ1n) is 11.3. The van der Waals surface area contributed by atoms with Crippen molar-refractivity contribution >= 4 is 23.2 Å². The predicted octanol–water partition coefficient (Wildman–Crippen LogP) is 6.19. The van der Waals surface area contributed by atoms with Crippen LogP contribution in [0.4, 0.5) is 0 Å². The lowest BCUT2D eigenvalue weighted by Gasteiger charge is -2.29. The fraction of sp³-hybridized carbons (Fsp3) is 0.286. The molecule has 164 valence electrons. The van der Waals surface area contributed by atoms with Crippen LogP contribution in [0.25, 0.3) is 0 Å². The van der Waals surface area contributed by atoms with Crippen molar-refractivity contribution in [3.05, 3.63) is 107 Å². The number of rotatable bonds is 6. The third kappa shape index (κ3) is 4.61. The van der Waals surface area contributed by atoms with Crippen molar-refractivity contribution in [3.63, 3.8) is 0 Å². The summed E-state index contributed by atoms with van der Waals surface area (Å²) in [7, 11) is 0. The number of thiocarbonyl (C=S) groups is 1. The Bertz CT molecular complexity index is 1060. The number of hydrogen-bond donors (Lipinski definition) is 1. The normalized spacial score (nSPS) is 19.1. The van der Waals surface area contributed by atoms with Gasteiger partial charge in [-0.1, -0.05) is 98.8 Å². The third-order valence-corrected chi connectivity index (χ3v) is 6.44. The zero-order chi connectivity index (χ0) is 22.7. The van der Waals surface area contributed by atoms with Crippen molar-refractivity contribution in [1.29, 1.82) is 0 Å². The molecule has 1 amide bonds. The minimum atomic E-state index is -0.288. The summed E-state index contributed by atoms with van der Waals surface area (Å²) in [5.74, 6) is 0.337. The summed E-state index contributed by atoms with van der Waals surface area (Å²) in [6.07, 6.45) is 1.04. The van der Waals surface area contributed by atoms with E-state index >= 15 is 0 Å². The molecule has 0 radical (unpaired) electrons. The van der Waals surface area contributed by atoms with Gasteiger partial charge in [-0.3, -0.25) is 9.69 Å². The monoisotopic (exact) mass is 442 g/mol. The summed E-state index contributed by atoms with van der Waals surface area (Å²) < 4.78 is 0. The first-order valence-corrected chi connectivity index (χ1v) is 11.7. The van der Waals surface area contributed by atoms with Crippen LogP contribution in [0.2, 0.25) is 0 Å². The quantitative estimate of drug-likeness (QED) is 0.462. The molecule has 3 aromatic carbocycles. The van der Waals surface area contributed by atoms with E-state index < -0.39 is 0 Å². The molecule has 1 heterocycles. The average Bonchev–Trinajstić information content (AvgIpc) is 3.16. The van der Waals surface area contributed by atoms with Gasteiger partial charge in [-0.15, -0.1) is 0 Å². The molecule has 0 saturated carbocycles. The van der Waals surface area contributed by atoms with Gasteiger partial charge in [-0.25, -0.2) is 0 Å². The van der Waals surface area contributed by atoms with Gasteiger partial charge in [0.1, 0.15) is 0 Å². The van der Waals surface area contributed by atoms with Crippen molar-refractivity contribution < 1.29 is 4.79 Å². The molecule has 1 aliphatic rings. The van der Waals surface area contributed by atoms with E-state index in [0.717, 1.165) is 23.1 Å². The second kappa shape index (κ2) is 9.66. The van der Waals surface area contributed by atoms with Gasteiger partial charge in [0.05, 0.1) is 18.0 Å². The Kier molecular flexibility index (Phi) is 6.71. The molecule has 32 heavy (non-hydrogen) atoms. The summed E-state index contributed by atoms with van der Waals surface area (Å²) in [6.45, 7) is 6.41. The van der Waals surface area contributed by atoms with Crippen LogP contribution in [-0.2, 0) is 11.2 Å². The predicted molar refractivity (Wildman–Crippen MR) is 134 cm³/mol. The Labute approximate surface area is 196 Å². The van der Waals surface area contributed by atoms with Gasteiger partial charge in [0.15, 0.2) is 5.11 Å². The largest absolute Gasteiger partial charge is 0.353 e. The number of amides is 1. The number of nitrogens with one attached hydrogen (secondary N) is 1. The second-order valence-corrected chi connectivity index (χ2v) is 9.35. The van der Waals surface area contributed by atoms with E-state index in [9.17, 15) is 4.79 Å². The van der Waals surface area contributed by atoms with E-state index in [1.165, 1.54) is 5.56 Å². The molecule has 0 bridgehead atoms. The van der Waals surface area contributed by atoms with Crippen LogP contribution in [0.15, 0.2) is 84.9 Å². The van der Waals surface area contributed by atoms with Crippen molar-refractivity contribution in [2.24, 2.45) is 5.92 Å². The molecule has 1 saturated heterocycles. The van der Waals surface area contributed by atoms with Gasteiger partial charge >= 0.3 is 0 Å². The van der Waals surface area contributed by atoms with Gasteiger partial charge in [-0.05, 0) is 53.7 Å². The molecule has 3 aromatic rings. The fourth-order valence-electron chi connectivity index (χ4n) is 4.48. The number of hydrogen-bond acceptors (Lipinski definition) is 2. The van der Waals surface area contributed by atoms with Gasteiger partial charge in [0.2, 0.25) is 5.91 Å². The summed E-state index contributed by atoms with van der Waals surface area (Å²) in [6, 6.07) is 28.5. The van der Waals surface area contributed by atoms with Crippen LogP contribution in [0.3, 0.4) is 0 Å². The zero-order valence-corrected chi connectivity index (χ0v) is 19.7. The van der Waals surface area contributed by atoms with Gasteiger partial charge < -0.3 is 5.32 Å². The SMILES string of the molecule is CC(C)Cc1ccc([C@H](C)C(=O)N2C(=S)N[C@@H](c3ccccc3)[C@H]2c2ccccc2)cc1. The van der Waals surface area contributed by atoms with Gasteiger partial charge in [0.25, 0.3) is 0 Å². The van der Waals surface area contributed by atoms with Crippen LogP contribution in [0.1, 0.15) is 61.0 Å². The van der Waals surface area contributed by atoms with Crippen LogP contribution in [0, 0.1) is 5.92 Å². The van der Waals surface area contributed by atoms with Gasteiger partial charge in [0, 0.05) is 0 Å². The van der Waals surface area contributed by atoms with E-state index in [4.69, 9.17) is 12.2 Å². The first-order chi connectivity index (χ1) is 15.5. The first kappa shape index (κ1) is 22.2. The third-order valence-electron chi connectivity index (χ3n) is 6.12. The van der Waals surface area contributed by atoms with Crippen molar-refractivity contribution in [3.8, 4) is 0 Å². The van der Waals surface area contributed by atoms with E-state index in [0.29, 0.717) is 11.0 Å². The molecule has 4 rings (SSSR count). The molecule has 0 spiro atoms. The number of carbonyl (C=O) groups excluding carboxylic acids is 1. The topological polar surface area (TPSA) is 32.3 Å². The lowest BCUT2D eigenvalue weighted by molar-refractivity contribution is -0.129. The maximum Gasteiger partial charge on any atom is 0.236 e. The van der Waals surface area contributed by atoms with Crippen LogP contribution >= 0.6 is 12.2 Å². The molecule has 1 fully saturated rings. The van der Waals surface area contributed by atoms with Crippen molar-refractivity contribution in [2.45, 2.75) is 45.2 Å². The molecule has 3 nitrogen and oxygen atoms in total. The summed E-state index contributed by atoms with van der Waals surface area (Å²) >= 11 is 5.70. The second-order valence-electron chi connectivity index (χ2n) is 8.96. The Morgan fingerprint density at radius 1 is 0.875 bits per heavy atom. The molecule has 0 aliphatic carbocycles. The summed E-state index contributed by atoms with van der Waals surface area (Å²) in [4.78, 5) is 15.6. The Balaban J connectivity index is 1.65. The summed E-state index contributed by atoms with van der Waals surface area (Å²) in [5.41, 5.74) is 4.50. The Morgan fingerprint density at radius 2 is 1.44 bits per heavy atom. The lowest BCUT2D eigenvalue weighted by Crippen LogP contribution is -2.38. The minimum Gasteiger partial charge on any atom is -0.353 e. The Hall–Kier alpha value is -2.98. The Morgan fingerprint density at radius 3 is 2.00 bits per heavy atom. The highest BCUT2D eigenvalue weighted by Crippen LogP contribution is 2.40. The smallest absolute Gasteiger partial charge is 0.236 e. The van der Waals surface area contributed by atoms with Crippen molar-refractivity contribution in [2.75, 3.05) is 0 Å². The number of benzene rings is 3. The molecule has 0 unspecified atom stereocenters. The lowest BCUT2D eigenvalue weighted by atomic mass is 9.92. The standard InChI is InChI=1S/C28H30N2OS/c1-19(2)18-21-14-16-22(17-15-21)20(3)27(31)30-26(24-12-8-5-9-13-24)25(29-28(30)32)23-10-6-4-7-11-23/h4-17,19-20,25-26H,18H2,1-3H3,(H,29,32)/t20-,25-,26+/m0/s1. The molecular weight excluding hydrogens is 412 g/mol. The minimum absolute atomic E-state index is 0.0198. The maximum absolute atomic E-state index is 13.8. The molecule has 1 N–H and O–H groups in total. The van der Waals surface area contributed by atoms with Crippen LogP contribution in [0.5, 0.6) is 0 Å². The number of nitrogens with zero attached hydrogens (tertiary/aromatic N) is 1. The van der Waals surface area contributed by atoms with Gasteiger partial charge in [-0.2, -0.15) is 0 Å². The van der Waals surface area contributed by atoms with Crippen LogP contribution < -0.4 is 5.32 Å². The van der Waals surface area contributed by atoms with Crippen molar-refractivity contribution in [1.82, 2.24) is 10.2 Å². The molecule has 0 aromatic heterocycles. The molecule has 4 heteroatoms. The fourth-order valence-corrected chi connectivity index (χ4v) is 4.81. The molecule has 1 aliphatic heterocycles. The highest BCUT2D eigenvalue weighted by atomic mass is 32.1. The highest BCUT2D eigenvalue weighted by molar-refractivity contribution is 7.80. The number of carbonyl (C=O) groups is 1. The maximum atomic E-state index is 13.8. The van der Waals surface area contributed by atoms with Crippen LogP contribution in [-0.4, -0.2) is 15.9 Å². The average molecular weight is 443 g/mol. The highest BCUT2D eigenvalue weighted by Gasteiger charge is 2.43. The summed E-state index contributed by atoms with van der Waals surface area (Å²) in [5, 5.41) is 3.91. The molecular formula is C28H30N2OS. The van der Waals surface area contributed by atoms with E-state index in [1.807, 2.05) is 43.3 Å². The van der Waals surface area contributed by atoms with E-state index in [2.05, 4.69) is 67.7 Å². The zero-order valence-electron chi connectivity index (χ0n) is 18.9. The molecule has 3 atom stereocenters. The van der Waals surface area contributed by atoms with E-state index in [-0.39, 0.29) is 23.9 Å².